The Morgan fingerprint density at radius 3 is 2.83 bits per heavy atom. The maximum absolute atomic E-state index is 13.1. The number of ether oxygens (including phenoxy) is 1. The molecule has 0 saturated carbocycles. The number of hydrogen-bond donors (Lipinski definition) is 1. The molecule has 6 heteroatoms. The van der Waals surface area contributed by atoms with E-state index in [-0.39, 0.29) is 12.0 Å². The van der Waals surface area contributed by atoms with Crippen molar-refractivity contribution in [3.05, 3.63) is 60.3 Å². The van der Waals surface area contributed by atoms with E-state index in [4.69, 9.17) is 9.72 Å². The summed E-state index contributed by atoms with van der Waals surface area (Å²) < 4.78 is 5.88. The summed E-state index contributed by atoms with van der Waals surface area (Å²) in [6.45, 7) is 8.48. The molecule has 156 valence electrons. The molecular weight excluding hydrogens is 376 g/mol. The van der Waals surface area contributed by atoms with E-state index in [0.29, 0.717) is 30.3 Å². The molecule has 6 nitrogen and oxygen atoms in total. The van der Waals surface area contributed by atoms with Crippen LogP contribution in [0.4, 0.5) is 0 Å². The maximum Gasteiger partial charge on any atom is 0.252 e. The van der Waals surface area contributed by atoms with E-state index in [1.165, 1.54) is 0 Å². The molecule has 30 heavy (non-hydrogen) atoms. The third-order valence-corrected chi connectivity index (χ3v) is 5.22. The number of rotatable bonds is 6. The molecule has 1 amide bonds. The molecule has 1 aromatic carbocycles. The molecule has 1 atom stereocenters. The molecule has 4 rings (SSSR count). The minimum atomic E-state index is -0.115. The van der Waals surface area contributed by atoms with Gasteiger partial charge in [0.05, 0.1) is 35.2 Å². The zero-order valence-corrected chi connectivity index (χ0v) is 17.5. The largest absolute Gasteiger partial charge is 0.374 e. The summed E-state index contributed by atoms with van der Waals surface area (Å²) in [5.41, 5.74) is 2.83. The van der Waals surface area contributed by atoms with E-state index in [0.717, 1.165) is 36.2 Å². The van der Waals surface area contributed by atoms with Crippen molar-refractivity contribution in [1.82, 2.24) is 20.2 Å². The highest BCUT2D eigenvalue weighted by atomic mass is 16.5. The van der Waals surface area contributed by atoms with Gasteiger partial charge >= 0.3 is 0 Å². The lowest BCUT2D eigenvalue weighted by molar-refractivity contribution is -0.0295. The second kappa shape index (κ2) is 9.32. The van der Waals surface area contributed by atoms with Crippen molar-refractivity contribution in [3.63, 3.8) is 0 Å². The molecule has 1 aliphatic heterocycles. The molecule has 0 spiro atoms. The number of amides is 1. The Kier molecular flexibility index (Phi) is 6.35. The van der Waals surface area contributed by atoms with Gasteiger partial charge in [-0.25, -0.2) is 4.98 Å². The molecule has 1 fully saturated rings. The average Bonchev–Trinajstić information content (AvgIpc) is 2.77. The second-order valence-corrected chi connectivity index (χ2v) is 8.14. The van der Waals surface area contributed by atoms with Gasteiger partial charge in [-0.1, -0.05) is 38.1 Å². The number of nitrogens with zero attached hydrogens (tertiary/aromatic N) is 3. The van der Waals surface area contributed by atoms with Crippen LogP contribution in [-0.2, 0) is 4.74 Å². The normalized spacial score (nSPS) is 17.4. The van der Waals surface area contributed by atoms with Crippen molar-refractivity contribution in [2.45, 2.75) is 20.0 Å². The Morgan fingerprint density at radius 2 is 2.03 bits per heavy atom. The fraction of sp³-hybridized carbons (Fsp3) is 0.375. The van der Waals surface area contributed by atoms with Crippen LogP contribution in [-0.4, -0.2) is 59.7 Å². The third kappa shape index (κ3) is 4.83. The predicted octanol–water partition coefficient (Wildman–Crippen LogP) is 3.38. The first-order valence-corrected chi connectivity index (χ1v) is 10.5. The summed E-state index contributed by atoms with van der Waals surface area (Å²) in [6, 6.07) is 15.2. The first-order chi connectivity index (χ1) is 14.6. The first-order valence-electron chi connectivity index (χ1n) is 10.5. The summed E-state index contributed by atoms with van der Waals surface area (Å²) in [6.07, 6.45) is 1.74. The molecule has 1 saturated heterocycles. The molecule has 2 aromatic heterocycles. The Balaban J connectivity index is 1.53. The summed E-state index contributed by atoms with van der Waals surface area (Å²) in [7, 11) is 0. The number of carbonyl (C=O) groups excluding carboxylic acids is 1. The number of fused-ring (bicyclic) bond motifs is 1. The van der Waals surface area contributed by atoms with Gasteiger partial charge in [0.2, 0.25) is 0 Å². The highest BCUT2D eigenvalue weighted by molar-refractivity contribution is 6.07. The van der Waals surface area contributed by atoms with Crippen molar-refractivity contribution >= 4 is 16.8 Å². The summed E-state index contributed by atoms with van der Waals surface area (Å²) in [4.78, 5) is 24.6. The standard InChI is InChI=1S/C24H28N4O2/c1-17(2)15-28-11-12-30-18(16-28)14-26-24(29)20-13-23(22-9-5-6-10-25-22)27-21-8-4-3-7-19(20)21/h3-10,13,17-18H,11-12,14-16H2,1-2H3,(H,26,29). The monoisotopic (exact) mass is 404 g/mol. The fourth-order valence-electron chi connectivity index (χ4n) is 3.90. The van der Waals surface area contributed by atoms with Crippen molar-refractivity contribution in [3.8, 4) is 11.4 Å². The lowest BCUT2D eigenvalue weighted by Crippen LogP contribution is -2.48. The molecule has 3 heterocycles. The number of para-hydroxylation sites is 1. The van der Waals surface area contributed by atoms with Crippen LogP contribution >= 0.6 is 0 Å². The van der Waals surface area contributed by atoms with Gasteiger partial charge in [0.1, 0.15) is 0 Å². The van der Waals surface area contributed by atoms with E-state index in [1.54, 1.807) is 6.20 Å². The lowest BCUT2D eigenvalue weighted by Gasteiger charge is -2.34. The number of benzene rings is 1. The summed E-state index contributed by atoms with van der Waals surface area (Å²) in [5.74, 6) is 0.502. The van der Waals surface area contributed by atoms with E-state index in [9.17, 15) is 4.79 Å². The number of morpholine rings is 1. The van der Waals surface area contributed by atoms with Crippen LogP contribution in [0.25, 0.3) is 22.3 Å². The highest BCUT2D eigenvalue weighted by Crippen LogP contribution is 2.23. The van der Waals surface area contributed by atoms with E-state index < -0.39 is 0 Å². The Morgan fingerprint density at radius 1 is 1.20 bits per heavy atom. The smallest absolute Gasteiger partial charge is 0.252 e. The van der Waals surface area contributed by atoms with Gasteiger partial charge in [-0.3, -0.25) is 14.7 Å². The Bertz CT molecular complexity index is 1010. The van der Waals surface area contributed by atoms with E-state index in [2.05, 4.69) is 29.0 Å². The number of nitrogens with one attached hydrogen (secondary N) is 1. The van der Waals surface area contributed by atoms with Crippen LogP contribution in [0.1, 0.15) is 24.2 Å². The number of carbonyl (C=O) groups is 1. The lowest BCUT2D eigenvalue weighted by atomic mass is 10.1. The minimum Gasteiger partial charge on any atom is -0.374 e. The molecular formula is C24H28N4O2. The van der Waals surface area contributed by atoms with Crippen molar-refractivity contribution in [2.24, 2.45) is 5.92 Å². The van der Waals surface area contributed by atoms with Gasteiger partial charge in [0.15, 0.2) is 0 Å². The van der Waals surface area contributed by atoms with Gasteiger partial charge < -0.3 is 10.1 Å². The second-order valence-electron chi connectivity index (χ2n) is 8.14. The summed E-state index contributed by atoms with van der Waals surface area (Å²) in [5, 5.41) is 3.91. The maximum atomic E-state index is 13.1. The van der Waals surface area contributed by atoms with Gasteiger partial charge in [-0.15, -0.1) is 0 Å². The molecule has 0 radical (unpaired) electrons. The van der Waals surface area contributed by atoms with Crippen LogP contribution in [0.15, 0.2) is 54.7 Å². The van der Waals surface area contributed by atoms with Crippen LogP contribution in [0.5, 0.6) is 0 Å². The molecule has 0 bridgehead atoms. The molecule has 1 unspecified atom stereocenters. The third-order valence-electron chi connectivity index (χ3n) is 5.22. The minimum absolute atomic E-state index is 0.00446. The zero-order valence-electron chi connectivity index (χ0n) is 17.5. The number of hydrogen-bond acceptors (Lipinski definition) is 5. The van der Waals surface area contributed by atoms with E-state index >= 15 is 0 Å². The molecule has 0 aliphatic carbocycles. The first kappa shape index (κ1) is 20.4. The van der Waals surface area contributed by atoms with E-state index in [1.807, 2.05) is 48.5 Å². The summed E-state index contributed by atoms with van der Waals surface area (Å²) >= 11 is 0. The topological polar surface area (TPSA) is 67.3 Å². The van der Waals surface area contributed by atoms with Crippen molar-refractivity contribution in [2.75, 3.05) is 32.8 Å². The molecule has 3 aromatic rings. The van der Waals surface area contributed by atoms with Crippen molar-refractivity contribution < 1.29 is 9.53 Å². The van der Waals surface area contributed by atoms with Crippen LogP contribution < -0.4 is 5.32 Å². The zero-order chi connectivity index (χ0) is 20.9. The van der Waals surface area contributed by atoms with Gasteiger partial charge in [0.25, 0.3) is 5.91 Å². The van der Waals surface area contributed by atoms with Crippen LogP contribution in [0, 0.1) is 5.92 Å². The van der Waals surface area contributed by atoms with Gasteiger partial charge in [-0.05, 0) is 30.2 Å². The number of aromatic nitrogens is 2. The SMILES string of the molecule is CC(C)CN1CCOC(CNC(=O)c2cc(-c3ccccn3)nc3ccccc23)C1. The number of pyridine rings is 2. The molecule has 1 N–H and O–H groups in total. The average molecular weight is 405 g/mol. The molecule has 1 aliphatic rings. The van der Waals surface area contributed by atoms with Crippen LogP contribution in [0.3, 0.4) is 0 Å². The van der Waals surface area contributed by atoms with Crippen LogP contribution in [0.2, 0.25) is 0 Å². The van der Waals surface area contributed by atoms with Crippen molar-refractivity contribution in [1.29, 1.82) is 0 Å². The van der Waals surface area contributed by atoms with Gasteiger partial charge in [0, 0.05) is 37.8 Å². The predicted molar refractivity (Wildman–Crippen MR) is 118 cm³/mol. The Hall–Kier alpha value is -2.83. The highest BCUT2D eigenvalue weighted by Gasteiger charge is 2.22. The fourth-order valence-corrected chi connectivity index (χ4v) is 3.90. The Labute approximate surface area is 177 Å². The van der Waals surface area contributed by atoms with Gasteiger partial charge in [-0.2, -0.15) is 0 Å². The quantitative estimate of drug-likeness (QED) is 0.682.